The van der Waals surface area contributed by atoms with E-state index in [-0.39, 0.29) is 11.2 Å². The van der Waals surface area contributed by atoms with E-state index >= 15 is 0 Å². The van der Waals surface area contributed by atoms with Gasteiger partial charge in [-0.05, 0) is 56.1 Å². The van der Waals surface area contributed by atoms with E-state index < -0.39 is 6.36 Å². The lowest BCUT2D eigenvalue weighted by molar-refractivity contribution is -0.274. The molecule has 0 spiro atoms. The smallest absolute Gasteiger partial charge is 0.406 e. The Morgan fingerprint density at radius 1 is 1.10 bits per heavy atom. The fourth-order valence-corrected chi connectivity index (χ4v) is 2.33. The number of rotatable bonds is 2. The second-order valence-corrected chi connectivity index (χ2v) is 4.88. The highest BCUT2D eigenvalue weighted by atomic mass is 19.4. The second kappa shape index (κ2) is 6.95. The van der Waals surface area contributed by atoms with Crippen molar-refractivity contribution in [1.29, 1.82) is 0 Å². The molecule has 0 saturated carbocycles. The Labute approximate surface area is 117 Å². The number of alkyl halides is 3. The first-order chi connectivity index (χ1) is 9.39. The van der Waals surface area contributed by atoms with E-state index in [4.69, 9.17) is 0 Å². The van der Waals surface area contributed by atoms with Crippen molar-refractivity contribution < 1.29 is 17.9 Å². The van der Waals surface area contributed by atoms with Gasteiger partial charge in [0.15, 0.2) is 0 Å². The Kier molecular flexibility index (Phi) is 5.83. The van der Waals surface area contributed by atoms with Gasteiger partial charge in [-0.2, -0.15) is 0 Å². The summed E-state index contributed by atoms with van der Waals surface area (Å²) < 4.78 is 40.0. The molecule has 0 unspecified atom stereocenters. The van der Waals surface area contributed by atoms with Gasteiger partial charge >= 0.3 is 6.36 Å². The number of benzene rings is 1. The number of ether oxygens (including phenoxy) is 1. The highest BCUT2D eigenvalue weighted by Crippen LogP contribution is 2.34. The van der Waals surface area contributed by atoms with Gasteiger partial charge in [-0.3, -0.25) is 0 Å². The number of hydrogen-bond acceptors (Lipinski definition) is 3. The van der Waals surface area contributed by atoms with E-state index in [1.54, 1.807) is 12.1 Å². The molecule has 0 amide bonds. The molecule has 1 aromatic carbocycles. The van der Waals surface area contributed by atoms with E-state index in [9.17, 15) is 13.2 Å². The third-order valence-corrected chi connectivity index (χ3v) is 3.49. The summed E-state index contributed by atoms with van der Waals surface area (Å²) in [5.41, 5.74) is 5.61. The third-order valence-electron chi connectivity index (χ3n) is 3.49. The van der Waals surface area contributed by atoms with Crippen LogP contribution in [0.15, 0.2) is 24.3 Å². The molecule has 3 nitrogen and oxygen atoms in total. The Morgan fingerprint density at radius 2 is 1.60 bits per heavy atom. The van der Waals surface area contributed by atoms with E-state index in [1.165, 1.54) is 19.2 Å². The topological polar surface area (TPSA) is 47.3 Å². The SMILES string of the molecule is CC1(c2ccc(OC(F)(F)F)cc2)CCNCC1.CN. The van der Waals surface area contributed by atoms with Gasteiger partial charge in [0.25, 0.3) is 0 Å². The first kappa shape index (κ1) is 16.8. The van der Waals surface area contributed by atoms with Crippen molar-refractivity contribution in [2.45, 2.75) is 31.5 Å². The summed E-state index contributed by atoms with van der Waals surface area (Å²) >= 11 is 0. The zero-order valence-electron chi connectivity index (χ0n) is 11.8. The largest absolute Gasteiger partial charge is 0.573 e. The standard InChI is InChI=1S/C13H16F3NO.CH5N/c1-12(6-8-17-9-7-12)10-2-4-11(5-3-10)18-13(14,15)16;1-2/h2-5,17H,6-9H2,1H3;2H2,1H3. The predicted molar refractivity (Wildman–Crippen MR) is 72.7 cm³/mol. The lowest BCUT2D eigenvalue weighted by Gasteiger charge is -2.34. The quantitative estimate of drug-likeness (QED) is 0.880. The molecule has 1 heterocycles. The second-order valence-electron chi connectivity index (χ2n) is 4.88. The summed E-state index contributed by atoms with van der Waals surface area (Å²) in [6, 6.07) is 6.23. The van der Waals surface area contributed by atoms with Crippen LogP contribution in [0.5, 0.6) is 5.75 Å². The van der Waals surface area contributed by atoms with Gasteiger partial charge in [-0.25, -0.2) is 0 Å². The molecule has 0 aromatic heterocycles. The Morgan fingerprint density at radius 3 is 2.05 bits per heavy atom. The van der Waals surface area contributed by atoms with Crippen molar-refractivity contribution in [2.24, 2.45) is 5.73 Å². The van der Waals surface area contributed by atoms with E-state index in [1.807, 2.05) is 0 Å². The van der Waals surface area contributed by atoms with Crippen LogP contribution < -0.4 is 15.8 Å². The molecule has 0 atom stereocenters. The molecule has 1 aromatic rings. The molecule has 0 radical (unpaired) electrons. The molecule has 1 aliphatic rings. The van der Waals surface area contributed by atoms with E-state index in [0.717, 1.165) is 31.5 Å². The Hall–Kier alpha value is -1.27. The summed E-state index contributed by atoms with van der Waals surface area (Å²) in [6.45, 7) is 4.03. The zero-order valence-corrected chi connectivity index (χ0v) is 11.8. The molecule has 1 saturated heterocycles. The monoisotopic (exact) mass is 290 g/mol. The molecule has 114 valence electrons. The maximum absolute atomic E-state index is 12.0. The lowest BCUT2D eigenvalue weighted by Crippen LogP contribution is -2.37. The van der Waals surface area contributed by atoms with Crippen molar-refractivity contribution in [3.05, 3.63) is 29.8 Å². The van der Waals surface area contributed by atoms with Crippen LogP contribution in [0.1, 0.15) is 25.3 Å². The molecular weight excluding hydrogens is 269 g/mol. The Bertz CT molecular complexity index is 398. The van der Waals surface area contributed by atoms with Crippen LogP contribution >= 0.6 is 0 Å². The minimum absolute atomic E-state index is 0.0437. The van der Waals surface area contributed by atoms with Crippen LogP contribution in [0.4, 0.5) is 13.2 Å². The van der Waals surface area contributed by atoms with Crippen LogP contribution in [0.3, 0.4) is 0 Å². The van der Waals surface area contributed by atoms with Crippen molar-refractivity contribution in [2.75, 3.05) is 20.1 Å². The molecule has 1 aliphatic heterocycles. The summed E-state index contributed by atoms with van der Waals surface area (Å²) in [5.74, 6) is -0.163. The molecule has 20 heavy (non-hydrogen) atoms. The molecule has 0 bridgehead atoms. The Balaban J connectivity index is 0.000000956. The van der Waals surface area contributed by atoms with Gasteiger partial charge in [0, 0.05) is 0 Å². The van der Waals surface area contributed by atoms with Crippen molar-refractivity contribution in [1.82, 2.24) is 5.32 Å². The first-order valence-electron chi connectivity index (χ1n) is 6.54. The highest BCUT2D eigenvalue weighted by molar-refractivity contribution is 5.32. The van der Waals surface area contributed by atoms with Gasteiger partial charge in [-0.15, -0.1) is 13.2 Å². The minimum Gasteiger partial charge on any atom is -0.406 e. The third kappa shape index (κ3) is 4.68. The van der Waals surface area contributed by atoms with Gasteiger partial charge in [0.1, 0.15) is 5.75 Å². The average molecular weight is 290 g/mol. The van der Waals surface area contributed by atoms with Crippen LogP contribution in [0.25, 0.3) is 0 Å². The summed E-state index contributed by atoms with van der Waals surface area (Å²) in [6.07, 6.45) is -2.64. The number of nitrogens with one attached hydrogen (secondary N) is 1. The molecule has 2 rings (SSSR count). The van der Waals surface area contributed by atoms with Gasteiger partial charge in [-0.1, -0.05) is 19.1 Å². The van der Waals surface area contributed by atoms with Crippen LogP contribution in [-0.2, 0) is 5.41 Å². The minimum atomic E-state index is -4.62. The van der Waals surface area contributed by atoms with Crippen LogP contribution in [0, 0.1) is 0 Å². The maximum atomic E-state index is 12.0. The average Bonchev–Trinajstić information content (AvgIpc) is 2.41. The molecule has 3 N–H and O–H groups in total. The van der Waals surface area contributed by atoms with Crippen LogP contribution in [-0.4, -0.2) is 26.5 Å². The van der Waals surface area contributed by atoms with Crippen LogP contribution in [0.2, 0.25) is 0 Å². The lowest BCUT2D eigenvalue weighted by atomic mass is 9.75. The fourth-order valence-electron chi connectivity index (χ4n) is 2.33. The fraction of sp³-hybridized carbons (Fsp3) is 0.571. The predicted octanol–water partition coefficient (Wildman–Crippen LogP) is 2.80. The number of halogens is 3. The maximum Gasteiger partial charge on any atom is 0.573 e. The van der Waals surface area contributed by atoms with Crippen molar-refractivity contribution in [3.63, 3.8) is 0 Å². The van der Waals surface area contributed by atoms with E-state index in [0.29, 0.717) is 0 Å². The van der Waals surface area contributed by atoms with Gasteiger partial charge < -0.3 is 15.8 Å². The van der Waals surface area contributed by atoms with E-state index in [2.05, 4.69) is 22.7 Å². The van der Waals surface area contributed by atoms with Gasteiger partial charge in [0.2, 0.25) is 0 Å². The summed E-state index contributed by atoms with van der Waals surface area (Å²) in [4.78, 5) is 0. The van der Waals surface area contributed by atoms with Crippen molar-refractivity contribution in [3.8, 4) is 5.75 Å². The normalized spacial score (nSPS) is 17.9. The number of nitrogens with two attached hydrogens (primary N) is 1. The molecule has 1 fully saturated rings. The number of hydrogen-bond donors (Lipinski definition) is 2. The molecule has 6 heteroatoms. The van der Waals surface area contributed by atoms with Gasteiger partial charge in [0.05, 0.1) is 0 Å². The highest BCUT2D eigenvalue weighted by Gasteiger charge is 2.32. The summed E-state index contributed by atoms with van der Waals surface area (Å²) in [5, 5.41) is 3.28. The number of piperidine rings is 1. The zero-order chi connectivity index (χ0) is 15.2. The first-order valence-corrected chi connectivity index (χ1v) is 6.54. The summed E-state index contributed by atoms with van der Waals surface area (Å²) in [7, 11) is 1.50. The molecular formula is C14H21F3N2O. The van der Waals surface area contributed by atoms with Crippen molar-refractivity contribution >= 4 is 0 Å². The molecule has 0 aliphatic carbocycles.